The lowest BCUT2D eigenvalue weighted by Crippen LogP contribution is -2.27. The molecule has 0 bridgehead atoms. The van der Waals surface area contributed by atoms with E-state index in [4.69, 9.17) is 5.73 Å². The van der Waals surface area contributed by atoms with Gasteiger partial charge in [-0.2, -0.15) is 5.10 Å². The predicted octanol–water partition coefficient (Wildman–Crippen LogP) is 3.08. The maximum atomic E-state index is 13.0. The fraction of sp³-hybridized carbons (Fsp3) is 0.333. The SMILES string of the molecule is CCC1CC(N)=NN=C1c1ccc(F)cc1Br. The Morgan fingerprint density at radius 3 is 2.88 bits per heavy atom. The zero-order valence-electron chi connectivity index (χ0n) is 9.45. The van der Waals surface area contributed by atoms with Gasteiger partial charge in [-0.3, -0.25) is 0 Å². The van der Waals surface area contributed by atoms with Crippen molar-refractivity contribution in [2.45, 2.75) is 19.8 Å². The molecular formula is C12H13BrFN3. The second kappa shape index (κ2) is 4.96. The molecule has 0 saturated heterocycles. The normalized spacial score (nSPS) is 19.8. The Kier molecular flexibility index (Phi) is 3.57. The van der Waals surface area contributed by atoms with Crippen LogP contribution in [0, 0.1) is 11.7 Å². The van der Waals surface area contributed by atoms with E-state index >= 15 is 0 Å². The summed E-state index contributed by atoms with van der Waals surface area (Å²) in [5, 5.41) is 8.07. The van der Waals surface area contributed by atoms with Crippen LogP contribution in [0.5, 0.6) is 0 Å². The van der Waals surface area contributed by atoms with Crippen molar-refractivity contribution < 1.29 is 4.39 Å². The topological polar surface area (TPSA) is 50.7 Å². The van der Waals surface area contributed by atoms with Crippen LogP contribution in [0.2, 0.25) is 0 Å². The van der Waals surface area contributed by atoms with Crippen LogP contribution in [-0.4, -0.2) is 11.5 Å². The molecular weight excluding hydrogens is 285 g/mol. The fourth-order valence-electron chi connectivity index (χ4n) is 1.90. The molecule has 1 aromatic carbocycles. The summed E-state index contributed by atoms with van der Waals surface area (Å²) in [4.78, 5) is 0. The van der Waals surface area contributed by atoms with Crippen LogP contribution in [0.15, 0.2) is 32.9 Å². The largest absolute Gasteiger partial charge is 0.386 e. The van der Waals surface area contributed by atoms with E-state index in [9.17, 15) is 4.39 Å². The molecule has 0 spiro atoms. The maximum Gasteiger partial charge on any atom is 0.124 e. The number of amidine groups is 1. The van der Waals surface area contributed by atoms with Gasteiger partial charge in [0, 0.05) is 22.4 Å². The van der Waals surface area contributed by atoms with Gasteiger partial charge in [0.1, 0.15) is 11.7 Å². The third-order valence-corrected chi connectivity index (χ3v) is 3.48. The highest BCUT2D eigenvalue weighted by atomic mass is 79.9. The molecule has 3 nitrogen and oxygen atoms in total. The molecule has 0 aromatic heterocycles. The van der Waals surface area contributed by atoms with E-state index in [-0.39, 0.29) is 11.7 Å². The van der Waals surface area contributed by atoms with Gasteiger partial charge >= 0.3 is 0 Å². The standard InChI is InChI=1S/C12H13BrFN3/c1-2-7-5-11(15)16-17-12(7)9-4-3-8(14)6-10(9)13/h3-4,6-7H,2,5H2,1H3,(H2,15,16). The summed E-state index contributed by atoms with van der Waals surface area (Å²) in [7, 11) is 0. The van der Waals surface area contributed by atoms with E-state index in [1.165, 1.54) is 12.1 Å². The molecule has 2 N–H and O–H groups in total. The Bertz CT molecular complexity index is 497. The Morgan fingerprint density at radius 1 is 1.47 bits per heavy atom. The summed E-state index contributed by atoms with van der Waals surface area (Å²) in [6.07, 6.45) is 1.64. The lowest BCUT2D eigenvalue weighted by atomic mass is 9.90. The van der Waals surface area contributed by atoms with Crippen LogP contribution in [0.3, 0.4) is 0 Å². The first-order valence-electron chi connectivity index (χ1n) is 5.47. The molecule has 0 saturated carbocycles. The third kappa shape index (κ3) is 2.54. The van der Waals surface area contributed by atoms with Gasteiger partial charge in [-0.05, 0) is 24.6 Å². The molecule has 5 heteroatoms. The van der Waals surface area contributed by atoms with Gasteiger partial charge in [0.15, 0.2) is 0 Å². The Morgan fingerprint density at radius 2 is 2.24 bits per heavy atom. The highest BCUT2D eigenvalue weighted by Crippen LogP contribution is 2.26. The van der Waals surface area contributed by atoms with Crippen LogP contribution in [0.4, 0.5) is 4.39 Å². The highest BCUT2D eigenvalue weighted by molar-refractivity contribution is 9.10. The van der Waals surface area contributed by atoms with Crippen LogP contribution >= 0.6 is 15.9 Å². The molecule has 0 aliphatic carbocycles. The van der Waals surface area contributed by atoms with Gasteiger partial charge in [0.05, 0.1) is 5.71 Å². The van der Waals surface area contributed by atoms with E-state index in [1.807, 2.05) is 0 Å². The average Bonchev–Trinajstić information content (AvgIpc) is 2.30. The minimum atomic E-state index is -0.270. The lowest BCUT2D eigenvalue weighted by molar-refractivity contribution is 0.626. The Hall–Kier alpha value is -1.23. The van der Waals surface area contributed by atoms with Crippen molar-refractivity contribution in [1.29, 1.82) is 0 Å². The molecule has 1 aliphatic heterocycles. The minimum Gasteiger partial charge on any atom is -0.386 e. The van der Waals surface area contributed by atoms with Crippen molar-refractivity contribution in [2.75, 3.05) is 0 Å². The summed E-state index contributed by atoms with van der Waals surface area (Å²) in [5.41, 5.74) is 7.43. The molecule has 1 aliphatic rings. The molecule has 0 radical (unpaired) electrons. The van der Waals surface area contributed by atoms with E-state index in [0.29, 0.717) is 16.7 Å². The lowest BCUT2D eigenvalue weighted by Gasteiger charge is -2.20. The maximum absolute atomic E-state index is 13.0. The van der Waals surface area contributed by atoms with Crippen molar-refractivity contribution in [3.63, 3.8) is 0 Å². The molecule has 1 unspecified atom stereocenters. The van der Waals surface area contributed by atoms with Crippen molar-refractivity contribution in [2.24, 2.45) is 21.9 Å². The fourth-order valence-corrected chi connectivity index (χ4v) is 2.45. The van der Waals surface area contributed by atoms with E-state index in [0.717, 1.165) is 17.7 Å². The van der Waals surface area contributed by atoms with E-state index < -0.39 is 0 Å². The summed E-state index contributed by atoms with van der Waals surface area (Å²) in [5.74, 6) is 0.529. The first-order valence-corrected chi connectivity index (χ1v) is 6.26. The number of nitrogens with two attached hydrogens (primary N) is 1. The van der Waals surface area contributed by atoms with Gasteiger partial charge < -0.3 is 5.73 Å². The minimum absolute atomic E-state index is 0.245. The summed E-state index contributed by atoms with van der Waals surface area (Å²) in [6.45, 7) is 2.08. The molecule has 0 fully saturated rings. The number of nitrogens with zero attached hydrogens (tertiary/aromatic N) is 2. The van der Waals surface area contributed by atoms with Gasteiger partial charge in [-0.25, -0.2) is 4.39 Å². The first kappa shape index (κ1) is 12.2. The van der Waals surface area contributed by atoms with Crippen molar-refractivity contribution in [1.82, 2.24) is 0 Å². The van der Waals surface area contributed by atoms with Crippen LogP contribution in [0.1, 0.15) is 25.3 Å². The molecule has 1 aromatic rings. The van der Waals surface area contributed by atoms with Crippen molar-refractivity contribution in [3.8, 4) is 0 Å². The molecule has 90 valence electrons. The van der Waals surface area contributed by atoms with Gasteiger partial charge in [-0.15, -0.1) is 5.10 Å². The monoisotopic (exact) mass is 297 g/mol. The van der Waals surface area contributed by atoms with Gasteiger partial charge in [0.25, 0.3) is 0 Å². The van der Waals surface area contributed by atoms with Gasteiger partial charge in [0.2, 0.25) is 0 Å². The zero-order chi connectivity index (χ0) is 12.4. The summed E-state index contributed by atoms with van der Waals surface area (Å²) < 4.78 is 13.7. The number of benzene rings is 1. The zero-order valence-corrected chi connectivity index (χ0v) is 11.0. The number of halogens is 2. The Balaban J connectivity index is 2.44. The molecule has 1 atom stereocenters. The predicted molar refractivity (Wildman–Crippen MR) is 70.7 cm³/mol. The Labute approximate surface area is 108 Å². The van der Waals surface area contributed by atoms with E-state index in [2.05, 4.69) is 33.1 Å². The number of hydrogen-bond donors (Lipinski definition) is 1. The number of rotatable bonds is 2. The molecule has 17 heavy (non-hydrogen) atoms. The van der Waals surface area contributed by atoms with Crippen LogP contribution in [-0.2, 0) is 0 Å². The second-order valence-corrected chi connectivity index (χ2v) is 4.86. The van der Waals surface area contributed by atoms with Crippen molar-refractivity contribution >= 4 is 27.5 Å². The van der Waals surface area contributed by atoms with E-state index in [1.54, 1.807) is 6.07 Å². The second-order valence-electron chi connectivity index (χ2n) is 4.01. The summed E-state index contributed by atoms with van der Waals surface area (Å²) >= 11 is 3.35. The highest BCUT2D eigenvalue weighted by Gasteiger charge is 2.22. The average molecular weight is 298 g/mol. The number of hydrogen-bond acceptors (Lipinski definition) is 3. The van der Waals surface area contributed by atoms with Gasteiger partial charge in [-0.1, -0.05) is 22.9 Å². The van der Waals surface area contributed by atoms with Crippen LogP contribution < -0.4 is 5.73 Å². The molecule has 1 heterocycles. The third-order valence-electron chi connectivity index (χ3n) is 2.83. The van der Waals surface area contributed by atoms with Crippen LogP contribution in [0.25, 0.3) is 0 Å². The smallest absolute Gasteiger partial charge is 0.124 e. The molecule has 0 amide bonds. The first-order chi connectivity index (χ1) is 8.11. The molecule has 2 rings (SSSR count). The van der Waals surface area contributed by atoms with Crippen molar-refractivity contribution in [3.05, 3.63) is 34.1 Å². The quantitative estimate of drug-likeness (QED) is 0.896. The summed E-state index contributed by atoms with van der Waals surface area (Å²) in [6, 6.07) is 4.58.